The van der Waals surface area contributed by atoms with Gasteiger partial charge in [-0.1, -0.05) is 0 Å². The van der Waals surface area contributed by atoms with Crippen molar-refractivity contribution < 1.29 is 19.5 Å². The predicted octanol–water partition coefficient (Wildman–Crippen LogP) is 0.0181. The number of carboxylic acid groups (broad SMARTS) is 1. The number of hydrogen-bond donors (Lipinski definition) is 4. The van der Waals surface area contributed by atoms with Crippen LogP contribution < -0.4 is 16.0 Å². The molecule has 0 aromatic rings. The van der Waals surface area contributed by atoms with E-state index in [1.807, 2.05) is 6.26 Å². The van der Waals surface area contributed by atoms with E-state index in [0.29, 0.717) is 18.7 Å². The molecule has 0 saturated heterocycles. The molecule has 0 fully saturated rings. The van der Waals surface area contributed by atoms with Crippen LogP contribution in [-0.4, -0.2) is 54.2 Å². The molecule has 3 amide bonds. The minimum Gasteiger partial charge on any atom is -0.480 e. The normalized spacial score (nSPS) is 11.5. The Morgan fingerprint density at radius 2 is 1.95 bits per heavy atom. The third-order valence-electron chi connectivity index (χ3n) is 2.23. The van der Waals surface area contributed by atoms with Gasteiger partial charge in [-0.2, -0.15) is 11.8 Å². The third-order valence-corrected chi connectivity index (χ3v) is 2.87. The topological polar surface area (TPSA) is 108 Å². The van der Waals surface area contributed by atoms with Crippen LogP contribution in [0.1, 0.15) is 19.8 Å². The lowest BCUT2D eigenvalue weighted by atomic mass is 10.2. The van der Waals surface area contributed by atoms with Crippen molar-refractivity contribution in [2.45, 2.75) is 25.8 Å². The Morgan fingerprint density at radius 3 is 2.47 bits per heavy atom. The van der Waals surface area contributed by atoms with Gasteiger partial charge in [0.05, 0.1) is 0 Å². The number of amides is 3. The summed E-state index contributed by atoms with van der Waals surface area (Å²) in [6, 6.07) is -1.48. The van der Waals surface area contributed by atoms with E-state index in [-0.39, 0.29) is 18.9 Å². The van der Waals surface area contributed by atoms with Crippen molar-refractivity contribution in [1.82, 2.24) is 16.0 Å². The lowest BCUT2D eigenvalue weighted by Crippen LogP contribution is -2.46. The van der Waals surface area contributed by atoms with Crippen LogP contribution in [0.25, 0.3) is 0 Å². The summed E-state index contributed by atoms with van der Waals surface area (Å²) in [6.45, 7) is 2.52. The molecule has 0 radical (unpaired) electrons. The van der Waals surface area contributed by atoms with Crippen LogP contribution in [0.15, 0.2) is 0 Å². The van der Waals surface area contributed by atoms with Crippen molar-refractivity contribution in [3.63, 3.8) is 0 Å². The monoisotopic (exact) mass is 291 g/mol. The Kier molecular flexibility index (Phi) is 9.69. The first kappa shape index (κ1) is 17.6. The third kappa shape index (κ3) is 9.18. The maximum Gasteiger partial charge on any atom is 0.326 e. The molecule has 0 aliphatic carbocycles. The maximum atomic E-state index is 11.4. The summed E-state index contributed by atoms with van der Waals surface area (Å²) >= 11 is 1.51. The Morgan fingerprint density at radius 1 is 1.26 bits per heavy atom. The van der Waals surface area contributed by atoms with E-state index >= 15 is 0 Å². The fourth-order valence-corrected chi connectivity index (χ4v) is 1.75. The smallest absolute Gasteiger partial charge is 0.326 e. The molecule has 0 heterocycles. The molecule has 0 unspecified atom stereocenters. The summed E-state index contributed by atoms with van der Waals surface area (Å²) in [7, 11) is 0. The SMILES string of the molecule is CCNC(=O)CCNC(=O)N[C@@H](CCSC)C(=O)O. The van der Waals surface area contributed by atoms with Gasteiger partial charge in [-0.05, 0) is 25.4 Å². The van der Waals surface area contributed by atoms with Crippen LogP contribution in [-0.2, 0) is 9.59 Å². The summed E-state index contributed by atoms with van der Waals surface area (Å²) in [5.41, 5.74) is 0. The van der Waals surface area contributed by atoms with Crippen molar-refractivity contribution in [2.24, 2.45) is 0 Å². The number of carbonyl (C=O) groups excluding carboxylic acids is 2. The Hall–Kier alpha value is -1.44. The fraction of sp³-hybridized carbons (Fsp3) is 0.727. The quantitative estimate of drug-likeness (QED) is 0.479. The molecule has 0 aromatic heterocycles. The molecule has 110 valence electrons. The fourth-order valence-electron chi connectivity index (χ4n) is 1.28. The highest BCUT2D eigenvalue weighted by atomic mass is 32.2. The van der Waals surface area contributed by atoms with E-state index in [1.54, 1.807) is 6.92 Å². The summed E-state index contributed by atoms with van der Waals surface area (Å²) in [5.74, 6) is -0.566. The van der Waals surface area contributed by atoms with Gasteiger partial charge in [-0.15, -0.1) is 0 Å². The summed E-state index contributed by atoms with van der Waals surface area (Å²) < 4.78 is 0. The molecule has 19 heavy (non-hydrogen) atoms. The Balaban J connectivity index is 3.93. The molecular formula is C11H21N3O4S. The number of aliphatic carboxylic acids is 1. The van der Waals surface area contributed by atoms with E-state index in [2.05, 4.69) is 16.0 Å². The molecule has 0 bridgehead atoms. The van der Waals surface area contributed by atoms with Crippen molar-refractivity contribution in [3.05, 3.63) is 0 Å². The number of carbonyl (C=O) groups is 3. The molecule has 0 spiro atoms. The highest BCUT2D eigenvalue weighted by Gasteiger charge is 2.18. The molecule has 1 atom stereocenters. The van der Waals surface area contributed by atoms with Gasteiger partial charge in [-0.25, -0.2) is 9.59 Å². The van der Waals surface area contributed by atoms with Crippen molar-refractivity contribution in [1.29, 1.82) is 0 Å². The van der Waals surface area contributed by atoms with E-state index in [4.69, 9.17) is 5.11 Å². The maximum absolute atomic E-state index is 11.4. The van der Waals surface area contributed by atoms with Gasteiger partial charge in [-0.3, -0.25) is 4.79 Å². The highest BCUT2D eigenvalue weighted by Crippen LogP contribution is 2.00. The lowest BCUT2D eigenvalue weighted by molar-refractivity contribution is -0.139. The van der Waals surface area contributed by atoms with Gasteiger partial charge in [0.15, 0.2) is 0 Å². The zero-order valence-corrected chi connectivity index (χ0v) is 12.0. The van der Waals surface area contributed by atoms with E-state index in [9.17, 15) is 14.4 Å². The van der Waals surface area contributed by atoms with Gasteiger partial charge >= 0.3 is 12.0 Å². The molecule has 0 aromatic carbocycles. The number of rotatable bonds is 9. The second-order valence-corrected chi connectivity index (χ2v) is 4.76. The minimum atomic E-state index is -1.06. The first-order valence-corrected chi connectivity index (χ1v) is 7.43. The van der Waals surface area contributed by atoms with Crippen LogP contribution >= 0.6 is 11.8 Å². The molecule has 0 rings (SSSR count). The number of nitrogens with one attached hydrogen (secondary N) is 3. The average Bonchev–Trinajstić information content (AvgIpc) is 2.34. The van der Waals surface area contributed by atoms with Crippen LogP contribution in [0.5, 0.6) is 0 Å². The molecule has 0 aliphatic rings. The second-order valence-electron chi connectivity index (χ2n) is 3.78. The predicted molar refractivity (Wildman–Crippen MR) is 74.3 cm³/mol. The Labute approximate surface area is 116 Å². The average molecular weight is 291 g/mol. The van der Waals surface area contributed by atoms with E-state index in [0.717, 1.165) is 0 Å². The standard InChI is InChI=1S/C11H21N3O4S/c1-3-12-9(15)4-6-13-11(18)14-8(10(16)17)5-7-19-2/h8H,3-7H2,1-2H3,(H,12,15)(H,16,17)(H2,13,14,18)/t8-/m0/s1. The summed E-state index contributed by atoms with van der Waals surface area (Å²) in [4.78, 5) is 33.4. The largest absolute Gasteiger partial charge is 0.480 e. The highest BCUT2D eigenvalue weighted by molar-refractivity contribution is 7.98. The first-order chi connectivity index (χ1) is 9.01. The second kappa shape index (κ2) is 10.5. The van der Waals surface area contributed by atoms with Gasteiger partial charge in [0.2, 0.25) is 5.91 Å². The lowest BCUT2D eigenvalue weighted by Gasteiger charge is -2.14. The van der Waals surface area contributed by atoms with Gasteiger partial charge in [0.25, 0.3) is 0 Å². The van der Waals surface area contributed by atoms with Gasteiger partial charge < -0.3 is 21.1 Å². The zero-order valence-electron chi connectivity index (χ0n) is 11.2. The zero-order chi connectivity index (χ0) is 14.7. The van der Waals surface area contributed by atoms with Crippen molar-refractivity contribution >= 4 is 29.7 Å². The first-order valence-electron chi connectivity index (χ1n) is 6.04. The van der Waals surface area contributed by atoms with Gasteiger partial charge in [0, 0.05) is 19.5 Å². The molecule has 0 saturated carbocycles. The molecule has 8 heteroatoms. The number of carboxylic acids is 1. The summed E-state index contributed by atoms with van der Waals surface area (Å²) in [5, 5.41) is 16.3. The molecule has 4 N–H and O–H groups in total. The van der Waals surface area contributed by atoms with Crippen molar-refractivity contribution in [3.8, 4) is 0 Å². The number of thioether (sulfide) groups is 1. The molecule has 7 nitrogen and oxygen atoms in total. The Bertz CT molecular complexity index is 312. The summed E-state index contributed by atoms with van der Waals surface area (Å²) in [6.07, 6.45) is 2.40. The molecule has 0 aliphatic heterocycles. The van der Waals surface area contributed by atoms with Crippen LogP contribution in [0.4, 0.5) is 4.79 Å². The van der Waals surface area contributed by atoms with Crippen LogP contribution in [0, 0.1) is 0 Å². The van der Waals surface area contributed by atoms with E-state index in [1.165, 1.54) is 11.8 Å². The van der Waals surface area contributed by atoms with Crippen LogP contribution in [0.2, 0.25) is 0 Å². The number of urea groups is 1. The number of hydrogen-bond acceptors (Lipinski definition) is 4. The van der Waals surface area contributed by atoms with Crippen molar-refractivity contribution in [2.75, 3.05) is 25.1 Å². The van der Waals surface area contributed by atoms with E-state index < -0.39 is 18.0 Å². The van der Waals surface area contributed by atoms with Gasteiger partial charge in [0.1, 0.15) is 6.04 Å². The molecular weight excluding hydrogens is 270 g/mol. The minimum absolute atomic E-state index is 0.153. The van der Waals surface area contributed by atoms with Crippen LogP contribution in [0.3, 0.4) is 0 Å².